The molecule has 0 atom stereocenters. The Hall–Kier alpha value is -1.19. The summed E-state index contributed by atoms with van der Waals surface area (Å²) in [6, 6.07) is 9.58. The SMILES string of the molecule is Cc1cccc(C2CC(NCc3nccs3)C2)c1. The van der Waals surface area contributed by atoms with Crippen molar-refractivity contribution in [3.8, 4) is 0 Å². The molecule has 1 aliphatic carbocycles. The molecule has 3 heteroatoms. The maximum Gasteiger partial charge on any atom is 0.106 e. The smallest absolute Gasteiger partial charge is 0.106 e. The van der Waals surface area contributed by atoms with Crippen molar-refractivity contribution in [2.75, 3.05) is 0 Å². The highest BCUT2D eigenvalue weighted by molar-refractivity contribution is 7.09. The van der Waals surface area contributed by atoms with Crippen molar-refractivity contribution in [3.63, 3.8) is 0 Å². The zero-order valence-corrected chi connectivity index (χ0v) is 11.4. The first-order valence-corrected chi connectivity index (χ1v) is 7.37. The van der Waals surface area contributed by atoms with Crippen LogP contribution in [-0.2, 0) is 6.54 Å². The molecule has 1 aromatic carbocycles. The second kappa shape index (κ2) is 5.21. The maximum absolute atomic E-state index is 4.29. The van der Waals surface area contributed by atoms with Crippen molar-refractivity contribution in [2.45, 2.75) is 38.3 Å². The standard InChI is InChI=1S/C15H18N2S/c1-11-3-2-4-12(7-11)13-8-14(9-13)17-10-15-16-5-6-18-15/h2-7,13-14,17H,8-10H2,1H3. The topological polar surface area (TPSA) is 24.9 Å². The number of rotatable bonds is 4. The molecule has 0 spiro atoms. The highest BCUT2D eigenvalue weighted by atomic mass is 32.1. The first-order chi connectivity index (χ1) is 8.81. The molecule has 0 radical (unpaired) electrons. The van der Waals surface area contributed by atoms with Crippen LogP contribution in [-0.4, -0.2) is 11.0 Å². The molecule has 2 nitrogen and oxygen atoms in total. The number of hydrogen-bond acceptors (Lipinski definition) is 3. The van der Waals surface area contributed by atoms with E-state index in [9.17, 15) is 0 Å². The number of aromatic nitrogens is 1. The van der Waals surface area contributed by atoms with Gasteiger partial charge in [-0.05, 0) is 31.2 Å². The van der Waals surface area contributed by atoms with E-state index < -0.39 is 0 Å². The van der Waals surface area contributed by atoms with Gasteiger partial charge in [0.15, 0.2) is 0 Å². The first-order valence-electron chi connectivity index (χ1n) is 6.49. The van der Waals surface area contributed by atoms with Crippen LogP contribution in [0.15, 0.2) is 35.8 Å². The highest BCUT2D eigenvalue weighted by Gasteiger charge is 2.29. The van der Waals surface area contributed by atoms with Gasteiger partial charge in [-0.25, -0.2) is 4.98 Å². The molecule has 2 aromatic rings. The summed E-state index contributed by atoms with van der Waals surface area (Å²) < 4.78 is 0. The lowest BCUT2D eigenvalue weighted by atomic mass is 9.75. The predicted octanol–water partition coefficient (Wildman–Crippen LogP) is 3.49. The summed E-state index contributed by atoms with van der Waals surface area (Å²) in [6.07, 6.45) is 4.39. The molecule has 1 N–H and O–H groups in total. The molecule has 1 fully saturated rings. The molecule has 1 aromatic heterocycles. The molecule has 3 rings (SSSR count). The van der Waals surface area contributed by atoms with Crippen LogP contribution < -0.4 is 5.32 Å². The molecule has 18 heavy (non-hydrogen) atoms. The molecule has 1 saturated carbocycles. The monoisotopic (exact) mass is 258 g/mol. The minimum atomic E-state index is 0.666. The second-order valence-electron chi connectivity index (χ2n) is 5.09. The Morgan fingerprint density at radius 1 is 1.39 bits per heavy atom. The zero-order chi connectivity index (χ0) is 12.4. The molecular formula is C15H18N2S. The van der Waals surface area contributed by atoms with Gasteiger partial charge in [-0.2, -0.15) is 0 Å². The third-order valence-corrected chi connectivity index (χ3v) is 4.46. The van der Waals surface area contributed by atoms with Gasteiger partial charge in [0, 0.05) is 24.2 Å². The average Bonchev–Trinajstić information content (AvgIpc) is 2.80. The Labute approximate surface area is 112 Å². The van der Waals surface area contributed by atoms with E-state index in [0.29, 0.717) is 6.04 Å². The van der Waals surface area contributed by atoms with Crippen LogP contribution in [0.1, 0.15) is 34.9 Å². The van der Waals surface area contributed by atoms with Gasteiger partial charge in [0.2, 0.25) is 0 Å². The maximum atomic E-state index is 4.29. The van der Waals surface area contributed by atoms with Crippen molar-refractivity contribution >= 4 is 11.3 Å². The third kappa shape index (κ3) is 2.62. The second-order valence-corrected chi connectivity index (χ2v) is 6.07. The number of benzene rings is 1. The molecule has 0 aliphatic heterocycles. The molecule has 1 aliphatic rings. The van der Waals surface area contributed by atoms with Gasteiger partial charge in [-0.1, -0.05) is 29.8 Å². The van der Waals surface area contributed by atoms with Gasteiger partial charge in [0.1, 0.15) is 5.01 Å². The summed E-state index contributed by atoms with van der Waals surface area (Å²) >= 11 is 1.73. The van der Waals surface area contributed by atoms with E-state index in [1.165, 1.54) is 29.0 Å². The fourth-order valence-electron chi connectivity index (χ4n) is 2.55. The van der Waals surface area contributed by atoms with Crippen LogP contribution in [0, 0.1) is 6.92 Å². The van der Waals surface area contributed by atoms with E-state index in [0.717, 1.165) is 12.5 Å². The van der Waals surface area contributed by atoms with Gasteiger partial charge >= 0.3 is 0 Å². The summed E-state index contributed by atoms with van der Waals surface area (Å²) in [5, 5.41) is 6.81. The van der Waals surface area contributed by atoms with Gasteiger partial charge in [-0.3, -0.25) is 0 Å². The van der Waals surface area contributed by atoms with Gasteiger partial charge in [0.05, 0.1) is 0 Å². The van der Waals surface area contributed by atoms with Crippen LogP contribution in [0.5, 0.6) is 0 Å². The van der Waals surface area contributed by atoms with E-state index in [-0.39, 0.29) is 0 Å². The summed E-state index contributed by atoms with van der Waals surface area (Å²) in [6.45, 7) is 3.09. The molecule has 94 valence electrons. The number of nitrogens with zero attached hydrogens (tertiary/aromatic N) is 1. The van der Waals surface area contributed by atoms with Crippen LogP contribution in [0.25, 0.3) is 0 Å². The van der Waals surface area contributed by atoms with Crippen LogP contribution in [0.3, 0.4) is 0 Å². The summed E-state index contributed by atoms with van der Waals surface area (Å²) in [4.78, 5) is 4.29. The lowest BCUT2D eigenvalue weighted by molar-refractivity contribution is 0.289. The Morgan fingerprint density at radius 2 is 2.28 bits per heavy atom. The largest absolute Gasteiger partial charge is 0.308 e. The fourth-order valence-corrected chi connectivity index (χ4v) is 3.12. The summed E-state index contributed by atoms with van der Waals surface area (Å²) in [7, 11) is 0. The van der Waals surface area contributed by atoms with Gasteiger partial charge in [0.25, 0.3) is 0 Å². The van der Waals surface area contributed by atoms with E-state index in [2.05, 4.69) is 41.5 Å². The van der Waals surface area contributed by atoms with Crippen LogP contribution in [0.4, 0.5) is 0 Å². The molecule has 0 amide bonds. The number of aryl methyl sites for hydroxylation is 1. The zero-order valence-electron chi connectivity index (χ0n) is 10.6. The Bertz CT molecular complexity index is 501. The van der Waals surface area contributed by atoms with E-state index >= 15 is 0 Å². The quantitative estimate of drug-likeness (QED) is 0.908. The van der Waals surface area contributed by atoms with E-state index in [1.807, 2.05) is 11.6 Å². The Balaban J connectivity index is 1.48. The molecule has 0 bridgehead atoms. The van der Waals surface area contributed by atoms with Crippen LogP contribution >= 0.6 is 11.3 Å². The summed E-state index contributed by atoms with van der Waals surface area (Å²) in [5.74, 6) is 0.749. The fraction of sp³-hybridized carbons (Fsp3) is 0.400. The Kier molecular flexibility index (Phi) is 3.43. The minimum absolute atomic E-state index is 0.666. The van der Waals surface area contributed by atoms with Crippen molar-refractivity contribution in [1.29, 1.82) is 0 Å². The number of hydrogen-bond donors (Lipinski definition) is 1. The van der Waals surface area contributed by atoms with Crippen molar-refractivity contribution in [2.24, 2.45) is 0 Å². The normalized spacial score (nSPS) is 22.7. The molecule has 0 unspecified atom stereocenters. The third-order valence-electron chi connectivity index (χ3n) is 3.68. The van der Waals surface area contributed by atoms with Gasteiger partial charge in [-0.15, -0.1) is 11.3 Å². The number of thiazole rings is 1. The lowest BCUT2D eigenvalue weighted by Crippen LogP contribution is -2.39. The van der Waals surface area contributed by atoms with Gasteiger partial charge < -0.3 is 5.32 Å². The summed E-state index contributed by atoms with van der Waals surface area (Å²) in [5.41, 5.74) is 2.87. The first kappa shape index (κ1) is 11.9. The molecule has 0 saturated heterocycles. The lowest BCUT2D eigenvalue weighted by Gasteiger charge is -2.36. The van der Waals surface area contributed by atoms with E-state index in [4.69, 9.17) is 0 Å². The minimum Gasteiger partial charge on any atom is -0.308 e. The predicted molar refractivity (Wildman–Crippen MR) is 75.9 cm³/mol. The Morgan fingerprint density at radius 3 is 3.00 bits per heavy atom. The highest BCUT2D eigenvalue weighted by Crippen LogP contribution is 2.37. The van der Waals surface area contributed by atoms with E-state index in [1.54, 1.807) is 11.3 Å². The number of nitrogens with one attached hydrogen (secondary N) is 1. The van der Waals surface area contributed by atoms with Crippen molar-refractivity contribution < 1.29 is 0 Å². The molecule has 1 heterocycles. The van der Waals surface area contributed by atoms with Crippen LogP contribution in [0.2, 0.25) is 0 Å². The van der Waals surface area contributed by atoms with Crippen molar-refractivity contribution in [1.82, 2.24) is 10.3 Å². The van der Waals surface area contributed by atoms with Crippen molar-refractivity contribution in [3.05, 3.63) is 52.0 Å². The average molecular weight is 258 g/mol. The molecular weight excluding hydrogens is 240 g/mol.